The van der Waals surface area contributed by atoms with E-state index in [-0.39, 0.29) is 40.8 Å². The van der Waals surface area contributed by atoms with E-state index in [9.17, 15) is 13.2 Å². The summed E-state index contributed by atoms with van der Waals surface area (Å²) in [6.45, 7) is 5.88. The molecule has 1 aromatic heterocycles. The molecule has 0 spiro atoms. The molecule has 170 valence electrons. The van der Waals surface area contributed by atoms with Gasteiger partial charge in [0.2, 0.25) is 0 Å². The fourth-order valence-electron chi connectivity index (χ4n) is 3.15. The lowest BCUT2D eigenvalue weighted by molar-refractivity contribution is 0.184. The standard InChI is InChI=1S/C23H25ClN2O5S/c1-16(2)25-23(27)26(15-20-10-6-12-30-20)14-18-8-5-9-19(13-18)31-32(28,29)22-17(3)7-4-11-21(22)24/h4-13,16H,14-15H2,1-3H3,(H,25,27). The third kappa shape index (κ3) is 6.05. The van der Waals surface area contributed by atoms with Crippen LogP contribution < -0.4 is 9.50 Å². The lowest BCUT2D eigenvalue weighted by Gasteiger charge is -2.24. The number of hydrogen-bond donors (Lipinski definition) is 1. The molecule has 32 heavy (non-hydrogen) atoms. The molecule has 7 nitrogen and oxygen atoms in total. The summed E-state index contributed by atoms with van der Waals surface area (Å²) in [4.78, 5) is 14.2. The normalized spacial score (nSPS) is 11.4. The summed E-state index contributed by atoms with van der Waals surface area (Å²) < 4.78 is 36.4. The minimum atomic E-state index is -4.13. The van der Waals surface area contributed by atoms with E-state index in [0.29, 0.717) is 16.9 Å². The zero-order valence-corrected chi connectivity index (χ0v) is 19.6. The molecule has 0 unspecified atom stereocenters. The second kappa shape index (κ2) is 10.1. The van der Waals surface area contributed by atoms with Crippen LogP contribution in [0.5, 0.6) is 5.75 Å². The Morgan fingerprint density at radius 2 is 1.88 bits per heavy atom. The minimum Gasteiger partial charge on any atom is -0.467 e. The van der Waals surface area contributed by atoms with E-state index in [2.05, 4.69) is 5.32 Å². The van der Waals surface area contributed by atoms with E-state index in [1.807, 2.05) is 13.8 Å². The fraction of sp³-hybridized carbons (Fsp3) is 0.261. The van der Waals surface area contributed by atoms with Crippen LogP contribution in [0.25, 0.3) is 0 Å². The zero-order valence-electron chi connectivity index (χ0n) is 18.0. The number of carbonyl (C=O) groups excluding carboxylic acids is 1. The van der Waals surface area contributed by atoms with Crippen molar-refractivity contribution in [1.82, 2.24) is 10.2 Å². The highest BCUT2D eigenvalue weighted by molar-refractivity contribution is 7.87. The topological polar surface area (TPSA) is 88.9 Å². The van der Waals surface area contributed by atoms with Crippen LogP contribution in [0.15, 0.2) is 70.2 Å². The molecule has 0 bridgehead atoms. The Bertz CT molecular complexity index is 1160. The van der Waals surface area contributed by atoms with E-state index in [0.717, 1.165) is 0 Å². The molecule has 0 aliphatic heterocycles. The number of nitrogens with zero attached hydrogens (tertiary/aromatic N) is 1. The number of carbonyl (C=O) groups is 1. The molecular weight excluding hydrogens is 452 g/mol. The number of aryl methyl sites for hydroxylation is 1. The van der Waals surface area contributed by atoms with E-state index >= 15 is 0 Å². The number of urea groups is 1. The van der Waals surface area contributed by atoms with Crippen LogP contribution in [-0.2, 0) is 23.2 Å². The molecule has 3 rings (SSSR count). The van der Waals surface area contributed by atoms with E-state index in [1.54, 1.807) is 60.6 Å². The van der Waals surface area contributed by atoms with Gasteiger partial charge in [-0.1, -0.05) is 35.9 Å². The zero-order chi connectivity index (χ0) is 23.3. The maximum absolute atomic E-state index is 12.8. The van der Waals surface area contributed by atoms with Gasteiger partial charge in [-0.3, -0.25) is 0 Å². The molecule has 1 N–H and O–H groups in total. The molecule has 3 aromatic rings. The Kier molecular flexibility index (Phi) is 7.48. The molecule has 0 atom stereocenters. The third-order valence-electron chi connectivity index (χ3n) is 4.52. The molecule has 9 heteroatoms. The number of amides is 2. The van der Waals surface area contributed by atoms with Gasteiger partial charge in [-0.05, 0) is 62.2 Å². The number of nitrogens with one attached hydrogen (secondary N) is 1. The summed E-state index contributed by atoms with van der Waals surface area (Å²) in [6.07, 6.45) is 1.55. The van der Waals surface area contributed by atoms with Crippen molar-refractivity contribution in [3.05, 3.63) is 82.8 Å². The van der Waals surface area contributed by atoms with Crippen molar-refractivity contribution >= 4 is 27.8 Å². The number of benzene rings is 2. The summed E-state index contributed by atoms with van der Waals surface area (Å²) in [6, 6.07) is 14.6. The van der Waals surface area contributed by atoms with Crippen molar-refractivity contribution in [3.63, 3.8) is 0 Å². The second-order valence-corrected chi connectivity index (χ2v) is 9.50. The maximum Gasteiger partial charge on any atom is 0.340 e. The quantitative estimate of drug-likeness (QED) is 0.455. The van der Waals surface area contributed by atoms with Gasteiger partial charge in [0.25, 0.3) is 0 Å². The summed E-state index contributed by atoms with van der Waals surface area (Å²) in [5.74, 6) is 0.761. The molecule has 0 aliphatic carbocycles. The molecule has 0 fully saturated rings. The van der Waals surface area contributed by atoms with Crippen molar-refractivity contribution < 1.29 is 21.8 Å². The van der Waals surface area contributed by atoms with Gasteiger partial charge in [-0.2, -0.15) is 8.42 Å². The highest BCUT2D eigenvalue weighted by Crippen LogP contribution is 2.28. The first kappa shape index (κ1) is 23.7. The Balaban J connectivity index is 1.82. The van der Waals surface area contributed by atoms with Gasteiger partial charge >= 0.3 is 16.1 Å². The molecule has 2 aromatic carbocycles. The van der Waals surface area contributed by atoms with Gasteiger partial charge < -0.3 is 18.8 Å². The number of furan rings is 1. The summed E-state index contributed by atoms with van der Waals surface area (Å²) >= 11 is 6.11. The van der Waals surface area contributed by atoms with Crippen LogP contribution in [0.2, 0.25) is 5.02 Å². The van der Waals surface area contributed by atoms with Gasteiger partial charge in [0, 0.05) is 12.6 Å². The van der Waals surface area contributed by atoms with Crippen LogP contribution in [0, 0.1) is 6.92 Å². The average Bonchev–Trinajstić information content (AvgIpc) is 3.19. The molecular formula is C23H25ClN2O5S. The Morgan fingerprint density at radius 3 is 2.53 bits per heavy atom. The van der Waals surface area contributed by atoms with Crippen molar-refractivity contribution in [2.75, 3.05) is 0 Å². The third-order valence-corrected chi connectivity index (χ3v) is 6.40. The minimum absolute atomic E-state index is 0.0414. The van der Waals surface area contributed by atoms with E-state index in [1.165, 1.54) is 12.1 Å². The predicted octanol–water partition coefficient (Wildman–Crippen LogP) is 5.13. The lowest BCUT2D eigenvalue weighted by atomic mass is 10.2. The Hall–Kier alpha value is -2.97. The monoisotopic (exact) mass is 476 g/mol. The molecule has 0 aliphatic rings. The number of rotatable bonds is 8. The van der Waals surface area contributed by atoms with Gasteiger partial charge in [0.15, 0.2) is 0 Å². The smallest absolute Gasteiger partial charge is 0.340 e. The summed E-state index contributed by atoms with van der Waals surface area (Å²) in [7, 11) is -4.13. The molecule has 0 saturated heterocycles. The van der Waals surface area contributed by atoms with E-state index in [4.69, 9.17) is 20.2 Å². The summed E-state index contributed by atoms with van der Waals surface area (Å²) in [5, 5.41) is 2.96. The van der Waals surface area contributed by atoms with Crippen LogP contribution in [-0.4, -0.2) is 25.4 Å². The highest BCUT2D eigenvalue weighted by atomic mass is 35.5. The largest absolute Gasteiger partial charge is 0.467 e. The fourth-order valence-corrected chi connectivity index (χ4v) is 4.86. The van der Waals surface area contributed by atoms with Crippen LogP contribution in [0.4, 0.5) is 4.79 Å². The predicted molar refractivity (Wildman–Crippen MR) is 122 cm³/mol. The summed E-state index contributed by atoms with van der Waals surface area (Å²) in [5.41, 5.74) is 1.18. The van der Waals surface area contributed by atoms with Gasteiger partial charge in [0.1, 0.15) is 16.4 Å². The van der Waals surface area contributed by atoms with Crippen LogP contribution in [0.3, 0.4) is 0 Å². The molecule has 0 radical (unpaired) electrons. The van der Waals surface area contributed by atoms with Gasteiger partial charge in [-0.15, -0.1) is 0 Å². The molecule has 1 heterocycles. The Morgan fingerprint density at radius 1 is 1.12 bits per heavy atom. The van der Waals surface area contributed by atoms with Crippen molar-refractivity contribution in [2.45, 2.75) is 44.8 Å². The first-order valence-electron chi connectivity index (χ1n) is 10.0. The van der Waals surface area contributed by atoms with Gasteiger partial charge in [-0.25, -0.2) is 4.79 Å². The van der Waals surface area contributed by atoms with Crippen molar-refractivity contribution in [3.8, 4) is 5.75 Å². The first-order valence-corrected chi connectivity index (χ1v) is 11.8. The molecule has 2 amide bonds. The maximum atomic E-state index is 12.8. The average molecular weight is 477 g/mol. The lowest BCUT2D eigenvalue weighted by Crippen LogP contribution is -2.42. The van der Waals surface area contributed by atoms with Crippen LogP contribution in [0.1, 0.15) is 30.7 Å². The SMILES string of the molecule is Cc1cccc(Cl)c1S(=O)(=O)Oc1cccc(CN(Cc2ccco2)C(=O)NC(C)C)c1. The first-order chi connectivity index (χ1) is 15.2. The van der Waals surface area contributed by atoms with E-state index < -0.39 is 10.1 Å². The van der Waals surface area contributed by atoms with Crippen molar-refractivity contribution in [2.24, 2.45) is 0 Å². The molecule has 0 saturated carbocycles. The van der Waals surface area contributed by atoms with Crippen LogP contribution >= 0.6 is 11.6 Å². The Labute approximate surface area is 193 Å². The number of hydrogen-bond acceptors (Lipinski definition) is 5. The van der Waals surface area contributed by atoms with Gasteiger partial charge in [0.05, 0.1) is 17.8 Å². The second-order valence-electron chi connectivity index (χ2n) is 7.61. The number of halogens is 1. The van der Waals surface area contributed by atoms with Crippen molar-refractivity contribution in [1.29, 1.82) is 0 Å². The highest BCUT2D eigenvalue weighted by Gasteiger charge is 2.23.